The van der Waals surface area contributed by atoms with Crippen LogP contribution in [0.15, 0.2) is 59.7 Å². The molecule has 0 aliphatic carbocycles. The average Bonchev–Trinajstić information content (AvgIpc) is 2.54. The van der Waals surface area contributed by atoms with E-state index in [-0.39, 0.29) is 5.56 Å². The van der Waals surface area contributed by atoms with Gasteiger partial charge in [0.2, 0.25) is 0 Å². The Labute approximate surface area is 120 Å². The summed E-state index contributed by atoms with van der Waals surface area (Å²) >= 11 is 0. The second-order valence-electron chi connectivity index (χ2n) is 4.51. The molecular weight excluding hydrogens is 268 g/mol. The summed E-state index contributed by atoms with van der Waals surface area (Å²) in [7, 11) is 1.30. The number of methoxy groups -OCH3 is 1. The number of aromatic nitrogens is 2. The van der Waals surface area contributed by atoms with Crippen molar-refractivity contribution in [3.8, 4) is 5.82 Å². The van der Waals surface area contributed by atoms with Crippen LogP contribution >= 0.6 is 0 Å². The van der Waals surface area contributed by atoms with E-state index in [4.69, 9.17) is 0 Å². The zero-order chi connectivity index (χ0) is 14.8. The van der Waals surface area contributed by atoms with Gasteiger partial charge in [0.1, 0.15) is 5.82 Å². The summed E-state index contributed by atoms with van der Waals surface area (Å²) in [6.07, 6.45) is 3.13. The van der Waals surface area contributed by atoms with E-state index in [1.807, 2.05) is 24.3 Å². The molecule has 0 fully saturated rings. The number of pyridine rings is 2. The third-order valence-corrected chi connectivity index (χ3v) is 3.20. The van der Waals surface area contributed by atoms with Crippen LogP contribution in [-0.4, -0.2) is 22.6 Å². The number of fused-ring (bicyclic) bond motifs is 1. The summed E-state index contributed by atoms with van der Waals surface area (Å²) in [5.41, 5.74) is 0.0393. The lowest BCUT2D eigenvalue weighted by molar-refractivity contribution is 0.0600. The van der Waals surface area contributed by atoms with Gasteiger partial charge in [-0.2, -0.15) is 0 Å². The number of ether oxygens (including phenoxy) is 1. The first kappa shape index (κ1) is 13.1. The third kappa shape index (κ3) is 2.41. The van der Waals surface area contributed by atoms with Crippen molar-refractivity contribution >= 4 is 16.7 Å². The topological polar surface area (TPSA) is 61.2 Å². The van der Waals surface area contributed by atoms with E-state index in [1.165, 1.54) is 30.0 Å². The minimum atomic E-state index is -0.496. The van der Waals surface area contributed by atoms with E-state index in [1.54, 1.807) is 12.3 Å². The van der Waals surface area contributed by atoms with Crippen LogP contribution in [0.1, 0.15) is 10.4 Å². The Hall–Kier alpha value is -2.95. The molecular formula is C16H12N2O3. The van der Waals surface area contributed by atoms with Gasteiger partial charge in [-0.3, -0.25) is 9.36 Å². The van der Waals surface area contributed by atoms with Gasteiger partial charge in [0, 0.05) is 23.8 Å². The lowest BCUT2D eigenvalue weighted by atomic mass is 10.2. The van der Waals surface area contributed by atoms with Crippen molar-refractivity contribution in [1.82, 2.24) is 9.55 Å². The van der Waals surface area contributed by atoms with Crippen molar-refractivity contribution in [1.29, 1.82) is 0 Å². The molecule has 2 heterocycles. The molecule has 5 heteroatoms. The minimum absolute atomic E-state index is 0.259. The number of carbonyl (C=O) groups is 1. The highest BCUT2D eigenvalue weighted by Gasteiger charge is 2.09. The molecule has 3 aromatic rings. The maximum Gasteiger partial charge on any atom is 0.339 e. The van der Waals surface area contributed by atoms with Crippen molar-refractivity contribution in [2.45, 2.75) is 0 Å². The Balaban J connectivity index is 2.17. The maximum absolute atomic E-state index is 12.0. The first-order chi connectivity index (χ1) is 10.2. The van der Waals surface area contributed by atoms with E-state index < -0.39 is 5.97 Å². The number of carbonyl (C=O) groups excluding carboxylic acids is 1. The summed E-state index contributed by atoms with van der Waals surface area (Å²) in [5, 5.41) is 1.95. The molecule has 0 atom stereocenters. The molecule has 0 saturated heterocycles. The molecule has 21 heavy (non-hydrogen) atoms. The van der Waals surface area contributed by atoms with E-state index >= 15 is 0 Å². The predicted octanol–water partition coefficient (Wildman–Crippen LogP) is 2.17. The molecule has 0 spiro atoms. The molecule has 104 valence electrons. The van der Waals surface area contributed by atoms with Crippen LogP contribution in [-0.2, 0) is 4.74 Å². The number of nitrogens with zero attached hydrogens (tertiary/aromatic N) is 2. The fourth-order valence-corrected chi connectivity index (χ4v) is 2.11. The monoisotopic (exact) mass is 280 g/mol. The third-order valence-electron chi connectivity index (χ3n) is 3.20. The van der Waals surface area contributed by atoms with Gasteiger partial charge in [0.05, 0.1) is 12.7 Å². The Morgan fingerprint density at radius 2 is 1.90 bits per heavy atom. The van der Waals surface area contributed by atoms with Gasteiger partial charge in [-0.1, -0.05) is 24.3 Å². The molecule has 1 aromatic carbocycles. The quantitative estimate of drug-likeness (QED) is 0.675. The summed E-state index contributed by atoms with van der Waals surface area (Å²) in [6.45, 7) is 0. The fraction of sp³-hybridized carbons (Fsp3) is 0.0625. The highest BCUT2D eigenvalue weighted by atomic mass is 16.5. The average molecular weight is 280 g/mol. The standard InChI is InChI=1S/C16H12N2O3/c1-21-16(20)13-6-7-15(19)18(10-13)14-8-11-4-2-3-5-12(11)9-17-14/h2-10H,1H3. The minimum Gasteiger partial charge on any atom is -0.465 e. The van der Waals surface area contributed by atoms with Crippen molar-refractivity contribution in [2.24, 2.45) is 0 Å². The summed E-state index contributed by atoms with van der Waals surface area (Å²) in [4.78, 5) is 27.8. The fourth-order valence-electron chi connectivity index (χ4n) is 2.11. The first-order valence-corrected chi connectivity index (χ1v) is 6.35. The molecule has 0 N–H and O–H groups in total. The van der Waals surface area contributed by atoms with Gasteiger partial charge >= 0.3 is 5.97 Å². The van der Waals surface area contributed by atoms with Crippen LogP contribution in [0.5, 0.6) is 0 Å². The van der Waals surface area contributed by atoms with Crippen molar-refractivity contribution < 1.29 is 9.53 Å². The van der Waals surface area contributed by atoms with Gasteiger partial charge in [0.25, 0.3) is 5.56 Å². The molecule has 0 saturated carbocycles. The van der Waals surface area contributed by atoms with Crippen LogP contribution in [0.3, 0.4) is 0 Å². The van der Waals surface area contributed by atoms with Crippen LogP contribution in [0.25, 0.3) is 16.6 Å². The van der Waals surface area contributed by atoms with Crippen LogP contribution in [0.4, 0.5) is 0 Å². The SMILES string of the molecule is COC(=O)c1ccc(=O)n(-c2cc3ccccc3cn2)c1. The number of hydrogen-bond donors (Lipinski definition) is 0. The number of hydrogen-bond acceptors (Lipinski definition) is 4. The van der Waals surface area contributed by atoms with Crippen LogP contribution < -0.4 is 5.56 Å². The van der Waals surface area contributed by atoms with E-state index in [9.17, 15) is 9.59 Å². The Morgan fingerprint density at radius 1 is 1.14 bits per heavy atom. The molecule has 0 radical (unpaired) electrons. The smallest absolute Gasteiger partial charge is 0.339 e. The van der Waals surface area contributed by atoms with Crippen LogP contribution in [0.2, 0.25) is 0 Å². The first-order valence-electron chi connectivity index (χ1n) is 6.35. The van der Waals surface area contributed by atoms with E-state index in [0.29, 0.717) is 11.4 Å². The molecule has 5 nitrogen and oxygen atoms in total. The lowest BCUT2D eigenvalue weighted by Gasteiger charge is -2.07. The summed E-state index contributed by atoms with van der Waals surface area (Å²) in [6, 6.07) is 12.3. The largest absolute Gasteiger partial charge is 0.465 e. The number of esters is 1. The lowest BCUT2D eigenvalue weighted by Crippen LogP contribution is -2.19. The molecule has 0 aliphatic rings. The van der Waals surface area contributed by atoms with Gasteiger partial charge < -0.3 is 4.74 Å². The Kier molecular flexibility index (Phi) is 3.23. The number of benzene rings is 1. The number of rotatable bonds is 2. The van der Waals surface area contributed by atoms with Crippen molar-refractivity contribution in [3.05, 3.63) is 70.8 Å². The molecule has 0 unspecified atom stereocenters. The Bertz CT molecular complexity index is 884. The van der Waals surface area contributed by atoms with Gasteiger partial charge in [-0.05, 0) is 17.5 Å². The molecule has 0 aliphatic heterocycles. The van der Waals surface area contributed by atoms with E-state index in [2.05, 4.69) is 9.72 Å². The molecule has 3 rings (SSSR count). The van der Waals surface area contributed by atoms with Crippen molar-refractivity contribution in [2.75, 3.05) is 7.11 Å². The van der Waals surface area contributed by atoms with E-state index in [0.717, 1.165) is 10.8 Å². The predicted molar refractivity (Wildman–Crippen MR) is 78.7 cm³/mol. The second-order valence-corrected chi connectivity index (χ2v) is 4.51. The van der Waals surface area contributed by atoms with Crippen molar-refractivity contribution in [3.63, 3.8) is 0 Å². The zero-order valence-electron chi connectivity index (χ0n) is 11.3. The zero-order valence-corrected chi connectivity index (χ0v) is 11.3. The molecule has 0 bridgehead atoms. The summed E-state index contributed by atoms with van der Waals surface area (Å²) < 4.78 is 5.99. The normalized spacial score (nSPS) is 10.5. The highest BCUT2D eigenvalue weighted by Crippen LogP contribution is 2.15. The highest BCUT2D eigenvalue weighted by molar-refractivity contribution is 5.89. The van der Waals surface area contributed by atoms with Gasteiger partial charge in [-0.25, -0.2) is 9.78 Å². The second kappa shape index (κ2) is 5.20. The van der Waals surface area contributed by atoms with Gasteiger partial charge in [0.15, 0.2) is 0 Å². The Morgan fingerprint density at radius 3 is 2.67 bits per heavy atom. The van der Waals surface area contributed by atoms with Crippen LogP contribution in [0, 0.1) is 0 Å². The molecule has 2 aromatic heterocycles. The molecule has 0 amide bonds. The van der Waals surface area contributed by atoms with Gasteiger partial charge in [-0.15, -0.1) is 0 Å². The maximum atomic E-state index is 12.0. The summed E-state index contributed by atoms with van der Waals surface area (Å²) in [5.74, 6) is -0.0333.